The van der Waals surface area contributed by atoms with Crippen LogP contribution in [0, 0.1) is 11.7 Å². The van der Waals surface area contributed by atoms with Crippen LogP contribution in [0.1, 0.15) is 35.3 Å². The van der Waals surface area contributed by atoms with E-state index in [9.17, 15) is 23.9 Å². The number of imidazole rings is 1. The molecule has 0 bridgehead atoms. The summed E-state index contributed by atoms with van der Waals surface area (Å²) < 4.78 is 33.9. The van der Waals surface area contributed by atoms with E-state index < -0.39 is 53.7 Å². The number of ether oxygens (including phenoxy) is 3. The zero-order valence-corrected chi connectivity index (χ0v) is 24.5. The highest BCUT2D eigenvalue weighted by atomic mass is 19.1. The Morgan fingerprint density at radius 2 is 1.87 bits per heavy atom. The third kappa shape index (κ3) is 6.36. The van der Waals surface area contributed by atoms with Crippen molar-refractivity contribution < 1.29 is 38.1 Å². The number of anilines is 1. The number of fused-ring (bicyclic) bond motifs is 2. The number of rotatable bonds is 9. The zero-order valence-electron chi connectivity index (χ0n) is 24.5. The van der Waals surface area contributed by atoms with Crippen LogP contribution in [-0.4, -0.2) is 74.3 Å². The first-order chi connectivity index (χ1) is 22.3. The van der Waals surface area contributed by atoms with Gasteiger partial charge in [-0.15, -0.1) is 0 Å². The lowest BCUT2D eigenvalue weighted by Gasteiger charge is -2.20. The Morgan fingerprint density at radius 1 is 1.07 bits per heavy atom. The predicted octanol–water partition coefficient (Wildman–Crippen LogP) is 3.98. The zero-order chi connectivity index (χ0) is 32.2. The van der Waals surface area contributed by atoms with Gasteiger partial charge >= 0.3 is 18.1 Å². The van der Waals surface area contributed by atoms with Crippen molar-refractivity contribution in [3.05, 3.63) is 84.2 Å². The van der Waals surface area contributed by atoms with Crippen molar-refractivity contribution in [1.29, 1.82) is 0 Å². The number of carboxylic acid groups (broad SMARTS) is 1. The summed E-state index contributed by atoms with van der Waals surface area (Å²) in [7, 11) is 0. The first-order valence-corrected chi connectivity index (χ1v) is 14.6. The summed E-state index contributed by atoms with van der Waals surface area (Å²) in [4.78, 5) is 49.5. The molecule has 238 valence electrons. The number of nitrogens with zero attached hydrogens (tertiary/aromatic N) is 4. The quantitative estimate of drug-likeness (QED) is 0.211. The molecule has 4 unspecified atom stereocenters. The van der Waals surface area contributed by atoms with Crippen molar-refractivity contribution >= 4 is 41.2 Å². The lowest BCUT2D eigenvalue weighted by atomic mass is 10.1. The van der Waals surface area contributed by atoms with E-state index in [-0.39, 0.29) is 24.3 Å². The van der Waals surface area contributed by atoms with Crippen LogP contribution in [0.4, 0.5) is 19.8 Å². The number of benzene rings is 2. The summed E-state index contributed by atoms with van der Waals surface area (Å²) in [6.45, 7) is 2.28. The van der Waals surface area contributed by atoms with Gasteiger partial charge in [-0.05, 0) is 37.1 Å². The van der Waals surface area contributed by atoms with Crippen molar-refractivity contribution in [3.8, 4) is 5.75 Å². The molecule has 14 nitrogen and oxygen atoms in total. The molecule has 2 aromatic carbocycles. The molecule has 1 saturated carbocycles. The molecule has 46 heavy (non-hydrogen) atoms. The highest BCUT2D eigenvalue weighted by Crippen LogP contribution is 2.45. The molecule has 0 radical (unpaired) electrons. The van der Waals surface area contributed by atoms with E-state index in [4.69, 9.17) is 14.2 Å². The van der Waals surface area contributed by atoms with Crippen molar-refractivity contribution in [1.82, 2.24) is 30.2 Å². The molecule has 1 aliphatic heterocycles. The number of amides is 3. The molecule has 3 heterocycles. The van der Waals surface area contributed by atoms with Gasteiger partial charge in [-0.25, -0.2) is 33.7 Å². The smallest absolute Gasteiger partial charge is 0.412 e. The molecule has 1 aliphatic carbocycles. The minimum Gasteiger partial charge on any atom is -0.478 e. The number of halogens is 1. The summed E-state index contributed by atoms with van der Waals surface area (Å²) in [5, 5.41) is 17.3. The van der Waals surface area contributed by atoms with E-state index in [1.165, 1.54) is 12.4 Å². The first kappa shape index (κ1) is 30.6. The molecular formula is C31H30FN7O7. The molecule has 2 aliphatic rings. The van der Waals surface area contributed by atoms with Gasteiger partial charge in [0.2, 0.25) is 0 Å². The molecule has 2 fully saturated rings. The van der Waals surface area contributed by atoms with Gasteiger partial charge in [-0.2, -0.15) is 0 Å². The number of aromatic nitrogens is 4. The van der Waals surface area contributed by atoms with E-state index in [1.54, 1.807) is 19.3 Å². The third-order valence-corrected chi connectivity index (χ3v) is 7.73. The van der Waals surface area contributed by atoms with Gasteiger partial charge < -0.3 is 34.5 Å². The van der Waals surface area contributed by atoms with Crippen molar-refractivity contribution in [3.63, 3.8) is 0 Å². The van der Waals surface area contributed by atoms with E-state index in [1.807, 2.05) is 41.0 Å². The largest absolute Gasteiger partial charge is 0.478 e. The SMILES string of the molecule is CCNC(=O)Nc1ncnc2c1ncn2C1CC(CNC(=O)Oc2c(F)cccc2C(=O)O)C2O[C@H](/C=C/c3ccccc3)OC21. The number of carbonyl (C=O) groups excluding carboxylic acids is 2. The average molecular weight is 632 g/mol. The maximum atomic E-state index is 14.3. The molecule has 3 amide bonds. The summed E-state index contributed by atoms with van der Waals surface area (Å²) in [6.07, 6.45) is 4.40. The number of carbonyl (C=O) groups is 3. The standard InChI is InChI=1S/C31H30FN7O7/c1-2-33-30(42)38-27-23-28(36-15-35-27)39(16-37-23)21-13-18(14-34-31(43)46-25-19(29(40)41)9-6-10-20(25)32)24-26(21)45-22(44-24)12-11-17-7-4-3-5-8-17/h3-12,15-16,18,21-22,24,26H,2,13-14H2,1H3,(H,34,43)(H,40,41)(H2,33,35,36,38,42)/b12-11+/t18?,21?,22-,24?,26?/m0/s1. The van der Waals surface area contributed by atoms with Crippen LogP contribution in [0.2, 0.25) is 0 Å². The van der Waals surface area contributed by atoms with Crippen molar-refractivity contribution in [2.75, 3.05) is 18.4 Å². The second kappa shape index (κ2) is 13.3. The molecule has 4 N–H and O–H groups in total. The Hall–Kier alpha value is -5.41. The van der Waals surface area contributed by atoms with Gasteiger partial charge in [-0.1, -0.05) is 42.5 Å². The van der Waals surface area contributed by atoms with Gasteiger partial charge in [-0.3, -0.25) is 5.32 Å². The third-order valence-electron chi connectivity index (χ3n) is 7.73. The lowest BCUT2D eigenvalue weighted by Crippen LogP contribution is -2.36. The number of hydrogen-bond acceptors (Lipinski definition) is 9. The van der Waals surface area contributed by atoms with Crippen molar-refractivity contribution in [2.45, 2.75) is 37.9 Å². The van der Waals surface area contributed by atoms with E-state index in [2.05, 4.69) is 30.9 Å². The first-order valence-electron chi connectivity index (χ1n) is 14.6. The van der Waals surface area contributed by atoms with Gasteiger partial charge in [0.15, 0.2) is 34.8 Å². The lowest BCUT2D eigenvalue weighted by molar-refractivity contribution is -0.0497. The fraction of sp³-hybridized carbons (Fsp3) is 0.290. The molecule has 0 spiro atoms. The Bertz CT molecular complexity index is 1780. The van der Waals surface area contributed by atoms with Gasteiger partial charge in [0, 0.05) is 19.0 Å². The fourth-order valence-corrected chi connectivity index (χ4v) is 5.70. The number of nitrogens with one attached hydrogen (secondary N) is 3. The Morgan fingerprint density at radius 3 is 2.65 bits per heavy atom. The van der Waals surface area contributed by atoms with Crippen LogP contribution in [0.5, 0.6) is 5.75 Å². The van der Waals surface area contributed by atoms with E-state index in [0.29, 0.717) is 24.1 Å². The molecule has 2 aromatic heterocycles. The monoisotopic (exact) mass is 631 g/mol. The maximum absolute atomic E-state index is 14.3. The van der Waals surface area contributed by atoms with E-state index in [0.717, 1.165) is 17.7 Å². The number of aromatic carboxylic acids is 1. The highest BCUT2D eigenvalue weighted by Gasteiger charge is 2.52. The minimum absolute atomic E-state index is 0.0530. The average Bonchev–Trinajstić information content (AvgIpc) is 3.75. The summed E-state index contributed by atoms with van der Waals surface area (Å²) >= 11 is 0. The van der Waals surface area contributed by atoms with Gasteiger partial charge in [0.25, 0.3) is 0 Å². The van der Waals surface area contributed by atoms with Crippen LogP contribution in [-0.2, 0) is 9.47 Å². The summed E-state index contributed by atoms with van der Waals surface area (Å²) in [5.74, 6) is -3.15. The second-order valence-electron chi connectivity index (χ2n) is 10.6. The Balaban J connectivity index is 1.23. The molecule has 15 heteroatoms. The molecule has 5 atom stereocenters. The van der Waals surface area contributed by atoms with Crippen LogP contribution in [0.25, 0.3) is 17.2 Å². The van der Waals surface area contributed by atoms with E-state index >= 15 is 0 Å². The molecule has 1 saturated heterocycles. The fourth-order valence-electron chi connectivity index (χ4n) is 5.70. The summed E-state index contributed by atoms with van der Waals surface area (Å²) in [6, 6.07) is 12.2. The predicted molar refractivity (Wildman–Crippen MR) is 162 cm³/mol. The molecule has 4 aromatic rings. The Labute approximate surface area is 261 Å². The van der Waals surface area contributed by atoms with Gasteiger partial charge in [0.1, 0.15) is 18.0 Å². The van der Waals surface area contributed by atoms with Crippen LogP contribution in [0.15, 0.2) is 67.3 Å². The Kier molecular flexibility index (Phi) is 8.85. The maximum Gasteiger partial charge on any atom is 0.412 e. The highest BCUT2D eigenvalue weighted by molar-refractivity contribution is 5.96. The van der Waals surface area contributed by atoms with Crippen LogP contribution in [0.3, 0.4) is 0 Å². The number of hydrogen-bond donors (Lipinski definition) is 4. The normalized spacial score (nSPS) is 22.1. The van der Waals surface area contributed by atoms with Crippen LogP contribution >= 0.6 is 0 Å². The topological polar surface area (TPSA) is 179 Å². The minimum atomic E-state index is -1.43. The number of carboxylic acids is 1. The second-order valence-corrected chi connectivity index (χ2v) is 10.6. The molecule has 6 rings (SSSR count). The van der Waals surface area contributed by atoms with Crippen LogP contribution < -0.4 is 20.7 Å². The molecular weight excluding hydrogens is 601 g/mol. The number of para-hydroxylation sites is 1. The number of urea groups is 1. The van der Waals surface area contributed by atoms with Gasteiger partial charge in [0.05, 0.1) is 18.5 Å². The summed E-state index contributed by atoms with van der Waals surface area (Å²) in [5.41, 5.74) is 1.33. The van der Waals surface area contributed by atoms with Crippen molar-refractivity contribution in [2.24, 2.45) is 5.92 Å².